The number of hydrogen-bond acceptors (Lipinski definition) is 1. The molecule has 1 unspecified atom stereocenters. The van der Waals surface area contributed by atoms with Gasteiger partial charge in [0.15, 0.2) is 0 Å². The van der Waals surface area contributed by atoms with E-state index in [9.17, 15) is 22.4 Å². The van der Waals surface area contributed by atoms with Crippen LogP contribution in [0.5, 0.6) is 0 Å². The van der Waals surface area contributed by atoms with E-state index >= 15 is 0 Å². The van der Waals surface area contributed by atoms with E-state index in [1.165, 1.54) is 0 Å². The Labute approximate surface area is 116 Å². The van der Waals surface area contributed by atoms with Crippen LogP contribution >= 0.6 is 15.9 Å². The molecule has 0 aromatic heterocycles. The summed E-state index contributed by atoms with van der Waals surface area (Å²) >= 11 is 3.22. The van der Waals surface area contributed by atoms with Crippen molar-refractivity contribution in [1.82, 2.24) is 5.32 Å². The Morgan fingerprint density at radius 2 is 2.05 bits per heavy atom. The molecular weight excluding hydrogens is 330 g/mol. The molecule has 1 atom stereocenters. The highest BCUT2D eigenvalue weighted by Crippen LogP contribution is 2.31. The number of alkyl halides is 4. The maximum Gasteiger partial charge on any atom is 0.419 e. The first-order chi connectivity index (χ1) is 8.75. The molecule has 2 nitrogen and oxygen atoms in total. The molecule has 0 spiro atoms. The minimum Gasteiger partial charge on any atom is -0.352 e. The summed E-state index contributed by atoms with van der Waals surface area (Å²) in [6, 6.07) is 2.19. The lowest BCUT2D eigenvalue weighted by Crippen LogP contribution is -2.29. The lowest BCUT2D eigenvalue weighted by Gasteiger charge is -2.12. The maximum absolute atomic E-state index is 13.0. The SMILES string of the molecule is CC(CBr)CNC(=O)c1ccc(F)c(C(F)(F)F)c1. The van der Waals surface area contributed by atoms with Crippen LogP contribution < -0.4 is 5.32 Å². The highest BCUT2D eigenvalue weighted by atomic mass is 79.9. The molecule has 0 bridgehead atoms. The summed E-state index contributed by atoms with van der Waals surface area (Å²) in [4.78, 5) is 11.6. The number of carbonyl (C=O) groups is 1. The number of rotatable bonds is 4. The minimum absolute atomic E-state index is 0.145. The number of benzene rings is 1. The topological polar surface area (TPSA) is 29.1 Å². The van der Waals surface area contributed by atoms with Crippen molar-refractivity contribution in [3.8, 4) is 0 Å². The monoisotopic (exact) mass is 341 g/mol. The van der Waals surface area contributed by atoms with E-state index in [-0.39, 0.29) is 11.5 Å². The van der Waals surface area contributed by atoms with E-state index < -0.39 is 23.5 Å². The fraction of sp³-hybridized carbons (Fsp3) is 0.417. The second-order valence-electron chi connectivity index (χ2n) is 4.16. The van der Waals surface area contributed by atoms with Crippen molar-refractivity contribution in [2.75, 3.05) is 11.9 Å². The molecule has 0 saturated carbocycles. The molecule has 0 fully saturated rings. The molecule has 0 aliphatic heterocycles. The van der Waals surface area contributed by atoms with Crippen LogP contribution in [0.25, 0.3) is 0 Å². The van der Waals surface area contributed by atoms with Crippen molar-refractivity contribution in [3.63, 3.8) is 0 Å². The third-order valence-corrected chi connectivity index (χ3v) is 3.51. The van der Waals surface area contributed by atoms with E-state index in [1.54, 1.807) is 0 Å². The van der Waals surface area contributed by atoms with Gasteiger partial charge in [0, 0.05) is 17.4 Å². The molecule has 1 amide bonds. The first-order valence-corrected chi connectivity index (χ1v) is 6.58. The summed E-state index contributed by atoms with van der Waals surface area (Å²) < 4.78 is 50.5. The van der Waals surface area contributed by atoms with Gasteiger partial charge in [-0.25, -0.2) is 4.39 Å². The van der Waals surface area contributed by atoms with Gasteiger partial charge in [-0.3, -0.25) is 4.79 Å². The number of carbonyl (C=O) groups excluding carboxylic acids is 1. The Morgan fingerprint density at radius 1 is 1.42 bits per heavy atom. The highest BCUT2D eigenvalue weighted by Gasteiger charge is 2.34. The molecule has 1 N–H and O–H groups in total. The average molecular weight is 342 g/mol. The first-order valence-electron chi connectivity index (χ1n) is 5.46. The van der Waals surface area contributed by atoms with Crippen molar-refractivity contribution in [3.05, 3.63) is 35.1 Å². The molecule has 0 heterocycles. The van der Waals surface area contributed by atoms with Crippen molar-refractivity contribution in [2.24, 2.45) is 5.92 Å². The fourth-order valence-electron chi connectivity index (χ4n) is 1.31. The van der Waals surface area contributed by atoms with Gasteiger partial charge in [0.05, 0.1) is 5.56 Å². The van der Waals surface area contributed by atoms with Crippen molar-refractivity contribution >= 4 is 21.8 Å². The number of nitrogens with one attached hydrogen (secondary N) is 1. The molecule has 0 aliphatic carbocycles. The Hall–Kier alpha value is -1.11. The van der Waals surface area contributed by atoms with Crippen molar-refractivity contribution < 1.29 is 22.4 Å². The Morgan fingerprint density at radius 3 is 2.58 bits per heavy atom. The van der Waals surface area contributed by atoms with E-state index in [1.807, 2.05) is 6.92 Å². The normalized spacial score (nSPS) is 13.2. The van der Waals surface area contributed by atoms with E-state index in [0.717, 1.165) is 6.07 Å². The minimum atomic E-state index is -4.82. The molecule has 19 heavy (non-hydrogen) atoms. The van der Waals surface area contributed by atoms with Crippen LogP contribution in [0.15, 0.2) is 18.2 Å². The molecule has 1 aromatic rings. The highest BCUT2D eigenvalue weighted by molar-refractivity contribution is 9.09. The predicted octanol–water partition coefficient (Wildman–Crippen LogP) is 3.61. The molecule has 1 rings (SSSR count). The molecule has 0 saturated heterocycles. The second-order valence-corrected chi connectivity index (χ2v) is 4.81. The van der Waals surface area contributed by atoms with E-state index in [0.29, 0.717) is 24.0 Å². The number of halogens is 5. The summed E-state index contributed by atoms with van der Waals surface area (Å²) in [5.74, 6) is -1.90. The van der Waals surface area contributed by atoms with Gasteiger partial charge in [-0.05, 0) is 24.1 Å². The summed E-state index contributed by atoms with van der Waals surface area (Å²) in [6.07, 6.45) is -4.82. The third kappa shape index (κ3) is 4.49. The van der Waals surface area contributed by atoms with Crippen molar-refractivity contribution in [1.29, 1.82) is 0 Å². The molecule has 0 radical (unpaired) electrons. The number of amides is 1. The van der Waals surface area contributed by atoms with E-state index in [2.05, 4.69) is 21.2 Å². The summed E-state index contributed by atoms with van der Waals surface area (Å²) in [7, 11) is 0. The van der Waals surface area contributed by atoms with Crippen LogP contribution in [0, 0.1) is 11.7 Å². The zero-order valence-corrected chi connectivity index (χ0v) is 11.6. The summed E-state index contributed by atoms with van der Waals surface area (Å²) in [5.41, 5.74) is -1.65. The van der Waals surface area contributed by atoms with Crippen LogP contribution in [-0.2, 0) is 6.18 Å². The van der Waals surface area contributed by atoms with Gasteiger partial charge >= 0.3 is 6.18 Å². The lowest BCUT2D eigenvalue weighted by molar-refractivity contribution is -0.140. The zero-order chi connectivity index (χ0) is 14.6. The smallest absolute Gasteiger partial charge is 0.352 e. The van der Waals surface area contributed by atoms with Crippen LogP contribution in [0.3, 0.4) is 0 Å². The largest absolute Gasteiger partial charge is 0.419 e. The lowest BCUT2D eigenvalue weighted by atomic mass is 10.1. The molecule has 0 aliphatic rings. The van der Waals surface area contributed by atoms with Gasteiger partial charge < -0.3 is 5.32 Å². The van der Waals surface area contributed by atoms with Gasteiger partial charge in [-0.15, -0.1) is 0 Å². The first kappa shape index (κ1) is 15.9. The van der Waals surface area contributed by atoms with Crippen LogP contribution in [-0.4, -0.2) is 17.8 Å². The Kier molecular flexibility index (Phi) is 5.34. The zero-order valence-electron chi connectivity index (χ0n) is 10.0. The number of hydrogen-bond donors (Lipinski definition) is 1. The summed E-state index contributed by atoms with van der Waals surface area (Å²) in [5, 5.41) is 3.15. The quantitative estimate of drug-likeness (QED) is 0.657. The molecule has 106 valence electrons. The van der Waals surface area contributed by atoms with Gasteiger partial charge in [-0.2, -0.15) is 13.2 Å². The fourth-order valence-corrected chi connectivity index (χ4v) is 1.54. The molecule has 1 aromatic carbocycles. The predicted molar refractivity (Wildman–Crippen MR) is 66.7 cm³/mol. The standard InChI is InChI=1S/C12H12BrF4NO/c1-7(5-13)6-18-11(19)8-2-3-10(14)9(4-8)12(15,16)17/h2-4,7H,5-6H2,1H3,(H,18,19). The van der Waals surface area contributed by atoms with Crippen LogP contribution in [0.1, 0.15) is 22.8 Å². The summed E-state index contributed by atoms with van der Waals surface area (Å²) in [6.45, 7) is 2.18. The van der Waals surface area contributed by atoms with Crippen LogP contribution in [0.2, 0.25) is 0 Å². The van der Waals surface area contributed by atoms with E-state index in [4.69, 9.17) is 0 Å². The maximum atomic E-state index is 13.0. The second kappa shape index (κ2) is 6.36. The Bertz CT molecular complexity index is 462. The van der Waals surface area contributed by atoms with Gasteiger partial charge in [0.25, 0.3) is 5.91 Å². The van der Waals surface area contributed by atoms with Crippen LogP contribution in [0.4, 0.5) is 17.6 Å². The third-order valence-electron chi connectivity index (χ3n) is 2.41. The van der Waals surface area contributed by atoms with Crippen molar-refractivity contribution in [2.45, 2.75) is 13.1 Å². The Balaban J connectivity index is 2.87. The van der Waals surface area contributed by atoms with Gasteiger partial charge in [0.1, 0.15) is 5.82 Å². The average Bonchev–Trinajstić information content (AvgIpc) is 2.34. The van der Waals surface area contributed by atoms with Gasteiger partial charge in [-0.1, -0.05) is 22.9 Å². The van der Waals surface area contributed by atoms with Gasteiger partial charge in [0.2, 0.25) is 0 Å². The molecular formula is C12H12BrF4NO. The molecule has 7 heteroatoms.